The lowest BCUT2D eigenvalue weighted by molar-refractivity contribution is 0.0942. The predicted molar refractivity (Wildman–Crippen MR) is 103 cm³/mol. The summed E-state index contributed by atoms with van der Waals surface area (Å²) in [6.45, 7) is 0.592. The van der Waals surface area contributed by atoms with E-state index in [2.05, 4.69) is 20.6 Å². The number of para-hydroxylation sites is 1. The molecular formula is C20H19FN4O3. The van der Waals surface area contributed by atoms with Crippen LogP contribution in [0.25, 0.3) is 0 Å². The fourth-order valence-corrected chi connectivity index (χ4v) is 2.32. The third-order valence-corrected chi connectivity index (χ3v) is 3.72. The Morgan fingerprint density at radius 1 is 1.07 bits per heavy atom. The molecule has 7 nitrogen and oxygen atoms in total. The van der Waals surface area contributed by atoms with Gasteiger partial charge in [-0.15, -0.1) is 0 Å². The third-order valence-electron chi connectivity index (χ3n) is 3.72. The summed E-state index contributed by atoms with van der Waals surface area (Å²) in [4.78, 5) is 20.3. The Kier molecular flexibility index (Phi) is 6.35. The molecule has 0 aliphatic rings. The Hall–Kier alpha value is -3.68. The fraction of sp³-hybridized carbons (Fsp3) is 0.150. The minimum absolute atomic E-state index is 0.132. The molecule has 144 valence electrons. The van der Waals surface area contributed by atoms with E-state index in [0.29, 0.717) is 18.9 Å². The topological polar surface area (TPSA) is 85.4 Å². The van der Waals surface area contributed by atoms with Gasteiger partial charge in [-0.25, -0.2) is 14.4 Å². The number of aromatic nitrogens is 2. The molecule has 3 aromatic rings. The first-order valence-electron chi connectivity index (χ1n) is 8.55. The normalized spacial score (nSPS) is 10.2. The standard InChI is InChI=1S/C20H19FN4O3/c1-27-14-6-8-15(9-7-14)28-13-12-22-19(26)18-10-11-23-20(25-18)24-17-5-3-2-4-16(17)21/h2-11H,12-13H2,1H3,(H,22,26)(H,23,24,25). The van der Waals surface area contributed by atoms with Crippen molar-refractivity contribution >= 4 is 17.5 Å². The van der Waals surface area contributed by atoms with Gasteiger partial charge in [-0.1, -0.05) is 12.1 Å². The number of amides is 1. The maximum Gasteiger partial charge on any atom is 0.270 e. The summed E-state index contributed by atoms with van der Waals surface area (Å²) >= 11 is 0. The summed E-state index contributed by atoms with van der Waals surface area (Å²) in [7, 11) is 1.59. The van der Waals surface area contributed by atoms with Gasteiger partial charge in [-0.05, 0) is 42.5 Å². The van der Waals surface area contributed by atoms with E-state index >= 15 is 0 Å². The number of carbonyl (C=O) groups is 1. The van der Waals surface area contributed by atoms with Gasteiger partial charge in [0.2, 0.25) is 5.95 Å². The van der Waals surface area contributed by atoms with Crippen molar-refractivity contribution in [3.63, 3.8) is 0 Å². The zero-order valence-corrected chi connectivity index (χ0v) is 15.2. The first-order chi connectivity index (χ1) is 13.7. The molecule has 0 unspecified atom stereocenters. The van der Waals surface area contributed by atoms with Crippen LogP contribution in [0.5, 0.6) is 11.5 Å². The first kappa shape index (κ1) is 19.1. The second-order valence-electron chi connectivity index (χ2n) is 5.65. The molecule has 1 aromatic heterocycles. The number of hydrogen-bond acceptors (Lipinski definition) is 6. The van der Waals surface area contributed by atoms with Crippen molar-refractivity contribution in [3.05, 3.63) is 72.3 Å². The van der Waals surface area contributed by atoms with Crippen LogP contribution in [0.3, 0.4) is 0 Å². The van der Waals surface area contributed by atoms with Crippen LogP contribution in [0.1, 0.15) is 10.5 Å². The number of carbonyl (C=O) groups excluding carboxylic acids is 1. The van der Waals surface area contributed by atoms with Crippen LogP contribution < -0.4 is 20.1 Å². The van der Waals surface area contributed by atoms with Crippen LogP contribution in [-0.4, -0.2) is 36.1 Å². The average Bonchev–Trinajstić information content (AvgIpc) is 2.73. The fourth-order valence-electron chi connectivity index (χ4n) is 2.32. The molecule has 0 aliphatic heterocycles. The zero-order valence-electron chi connectivity index (χ0n) is 15.2. The highest BCUT2D eigenvalue weighted by molar-refractivity contribution is 5.92. The van der Waals surface area contributed by atoms with Crippen molar-refractivity contribution in [2.75, 3.05) is 25.6 Å². The highest BCUT2D eigenvalue weighted by Crippen LogP contribution is 2.17. The minimum Gasteiger partial charge on any atom is -0.497 e. The van der Waals surface area contributed by atoms with Crippen molar-refractivity contribution in [1.29, 1.82) is 0 Å². The molecule has 0 atom stereocenters. The summed E-state index contributed by atoms with van der Waals surface area (Å²) in [6.07, 6.45) is 1.43. The van der Waals surface area contributed by atoms with Crippen LogP contribution in [0.4, 0.5) is 16.0 Å². The van der Waals surface area contributed by atoms with Crippen LogP contribution in [0.15, 0.2) is 60.8 Å². The van der Waals surface area contributed by atoms with Crippen molar-refractivity contribution in [3.8, 4) is 11.5 Å². The largest absolute Gasteiger partial charge is 0.497 e. The van der Waals surface area contributed by atoms with E-state index in [9.17, 15) is 9.18 Å². The average molecular weight is 382 g/mol. The Morgan fingerprint density at radius 3 is 2.57 bits per heavy atom. The Bertz CT molecular complexity index is 935. The van der Waals surface area contributed by atoms with Gasteiger partial charge in [0.15, 0.2) is 0 Å². The van der Waals surface area contributed by atoms with Crippen molar-refractivity contribution < 1.29 is 18.7 Å². The van der Waals surface area contributed by atoms with Crippen molar-refractivity contribution in [2.45, 2.75) is 0 Å². The van der Waals surface area contributed by atoms with Gasteiger partial charge in [-0.2, -0.15) is 0 Å². The van der Waals surface area contributed by atoms with Crippen LogP contribution in [0, 0.1) is 5.82 Å². The maximum atomic E-state index is 13.7. The van der Waals surface area contributed by atoms with E-state index in [0.717, 1.165) is 5.75 Å². The van der Waals surface area contributed by atoms with Gasteiger partial charge in [0.1, 0.15) is 29.6 Å². The lowest BCUT2D eigenvalue weighted by Gasteiger charge is -2.09. The predicted octanol–water partition coefficient (Wildman–Crippen LogP) is 3.18. The number of nitrogens with one attached hydrogen (secondary N) is 2. The Morgan fingerprint density at radius 2 is 1.82 bits per heavy atom. The molecule has 0 bridgehead atoms. The van der Waals surface area contributed by atoms with E-state index in [1.54, 1.807) is 49.6 Å². The highest BCUT2D eigenvalue weighted by Gasteiger charge is 2.10. The van der Waals surface area contributed by atoms with Crippen LogP contribution in [0.2, 0.25) is 0 Å². The van der Waals surface area contributed by atoms with Gasteiger partial charge in [0.25, 0.3) is 5.91 Å². The lowest BCUT2D eigenvalue weighted by Crippen LogP contribution is -2.29. The number of halogens is 1. The molecule has 8 heteroatoms. The monoisotopic (exact) mass is 382 g/mol. The molecule has 0 saturated carbocycles. The molecule has 0 aliphatic carbocycles. The highest BCUT2D eigenvalue weighted by atomic mass is 19.1. The third kappa shape index (κ3) is 5.16. The van der Waals surface area contributed by atoms with Gasteiger partial charge in [-0.3, -0.25) is 4.79 Å². The second-order valence-corrected chi connectivity index (χ2v) is 5.65. The number of anilines is 2. The summed E-state index contributed by atoms with van der Waals surface area (Å²) < 4.78 is 24.3. The number of hydrogen-bond donors (Lipinski definition) is 2. The molecular weight excluding hydrogens is 363 g/mol. The molecule has 28 heavy (non-hydrogen) atoms. The van der Waals surface area contributed by atoms with Gasteiger partial charge in [0.05, 0.1) is 19.3 Å². The lowest BCUT2D eigenvalue weighted by atomic mass is 10.3. The van der Waals surface area contributed by atoms with Gasteiger partial charge in [0, 0.05) is 6.20 Å². The molecule has 0 spiro atoms. The van der Waals surface area contributed by atoms with E-state index in [1.165, 1.54) is 18.3 Å². The molecule has 1 heterocycles. The first-order valence-corrected chi connectivity index (χ1v) is 8.55. The van der Waals surface area contributed by atoms with E-state index < -0.39 is 5.82 Å². The second kappa shape index (κ2) is 9.31. The number of nitrogens with zero attached hydrogens (tertiary/aromatic N) is 2. The van der Waals surface area contributed by atoms with Crippen molar-refractivity contribution in [1.82, 2.24) is 15.3 Å². The molecule has 3 rings (SSSR count). The zero-order chi connectivity index (χ0) is 19.8. The van der Waals surface area contributed by atoms with Crippen molar-refractivity contribution in [2.24, 2.45) is 0 Å². The summed E-state index contributed by atoms with van der Waals surface area (Å²) in [6, 6.07) is 14.8. The van der Waals surface area contributed by atoms with E-state index in [4.69, 9.17) is 9.47 Å². The number of methoxy groups -OCH3 is 1. The summed E-state index contributed by atoms with van der Waals surface area (Å²) in [5.74, 6) is 0.735. The number of benzene rings is 2. The smallest absolute Gasteiger partial charge is 0.270 e. The number of rotatable bonds is 8. The van der Waals surface area contributed by atoms with Gasteiger partial charge < -0.3 is 20.1 Å². The molecule has 2 aromatic carbocycles. The van der Waals surface area contributed by atoms with Crippen LogP contribution in [-0.2, 0) is 0 Å². The maximum absolute atomic E-state index is 13.7. The SMILES string of the molecule is COc1ccc(OCCNC(=O)c2ccnc(Nc3ccccc3F)n2)cc1. The van der Waals surface area contributed by atoms with Crippen LogP contribution >= 0.6 is 0 Å². The van der Waals surface area contributed by atoms with Gasteiger partial charge >= 0.3 is 0 Å². The summed E-state index contributed by atoms with van der Waals surface area (Å²) in [5.41, 5.74) is 0.395. The summed E-state index contributed by atoms with van der Waals surface area (Å²) in [5, 5.41) is 5.47. The molecule has 1 amide bonds. The Labute approximate surface area is 161 Å². The van der Waals surface area contributed by atoms with E-state index in [-0.39, 0.29) is 23.2 Å². The van der Waals surface area contributed by atoms with E-state index in [1.807, 2.05) is 0 Å². The Balaban J connectivity index is 1.50. The molecule has 2 N–H and O–H groups in total. The number of ether oxygens (including phenoxy) is 2. The quantitative estimate of drug-likeness (QED) is 0.582. The molecule has 0 saturated heterocycles. The molecule has 0 radical (unpaired) electrons. The molecule has 0 fully saturated rings. The minimum atomic E-state index is -0.434.